The summed E-state index contributed by atoms with van der Waals surface area (Å²) < 4.78 is 3.03. The molecule has 0 aliphatic carbocycles. The predicted octanol–water partition coefficient (Wildman–Crippen LogP) is 3.91. The Balaban J connectivity index is 2.21. The minimum Gasteiger partial charge on any atom is -0.337 e. The van der Waals surface area contributed by atoms with Gasteiger partial charge in [0.1, 0.15) is 0 Å². The highest BCUT2D eigenvalue weighted by atomic mass is 32.1. The highest BCUT2D eigenvalue weighted by Crippen LogP contribution is 2.18. The predicted molar refractivity (Wildman–Crippen MR) is 73.9 cm³/mol. The number of H-pyrrole nitrogens is 1. The van der Waals surface area contributed by atoms with Crippen LogP contribution in [0.3, 0.4) is 0 Å². The van der Waals surface area contributed by atoms with Gasteiger partial charge in [0.05, 0.1) is 0 Å². The van der Waals surface area contributed by atoms with Crippen LogP contribution in [-0.4, -0.2) is 9.55 Å². The lowest BCUT2D eigenvalue weighted by Gasteiger charge is -2.14. The van der Waals surface area contributed by atoms with Crippen molar-refractivity contribution in [1.82, 2.24) is 9.55 Å². The first-order chi connectivity index (χ1) is 8.22. The van der Waals surface area contributed by atoms with Crippen molar-refractivity contribution in [2.75, 3.05) is 0 Å². The molecule has 1 heterocycles. The zero-order chi connectivity index (χ0) is 12.3. The van der Waals surface area contributed by atoms with Gasteiger partial charge in [-0.1, -0.05) is 44.2 Å². The molecule has 2 rings (SSSR count). The quantitative estimate of drug-likeness (QED) is 0.811. The maximum atomic E-state index is 5.31. The van der Waals surface area contributed by atoms with Gasteiger partial charge in [0.2, 0.25) is 0 Å². The summed E-state index contributed by atoms with van der Waals surface area (Å²) in [6, 6.07) is 10.6. The Morgan fingerprint density at radius 2 is 2.00 bits per heavy atom. The van der Waals surface area contributed by atoms with Crippen LogP contribution in [0.25, 0.3) is 0 Å². The molecule has 0 spiro atoms. The molecule has 1 atom stereocenters. The van der Waals surface area contributed by atoms with Crippen LogP contribution in [0.15, 0.2) is 36.5 Å². The number of nitrogens with one attached hydrogen (secondary N) is 1. The standard InChI is InChI=1S/C14H18N2S/c1-3-13-9-15-14(17)16(13)10-11(2)12-7-5-4-6-8-12/h4-9,11H,3,10H2,1-2H3,(H,15,17). The van der Waals surface area contributed by atoms with Crippen LogP contribution in [0.2, 0.25) is 0 Å². The number of aromatic nitrogens is 2. The van der Waals surface area contributed by atoms with E-state index in [1.165, 1.54) is 11.3 Å². The van der Waals surface area contributed by atoms with Crippen LogP contribution in [0.5, 0.6) is 0 Å². The highest BCUT2D eigenvalue weighted by molar-refractivity contribution is 7.71. The number of imidazole rings is 1. The van der Waals surface area contributed by atoms with Gasteiger partial charge in [-0.2, -0.15) is 0 Å². The van der Waals surface area contributed by atoms with Gasteiger partial charge in [0, 0.05) is 18.4 Å². The summed E-state index contributed by atoms with van der Waals surface area (Å²) in [6.07, 6.45) is 3.02. The molecule has 0 amide bonds. The Morgan fingerprint density at radius 1 is 1.29 bits per heavy atom. The Labute approximate surface area is 107 Å². The number of aromatic amines is 1. The molecule has 3 heteroatoms. The Hall–Kier alpha value is -1.35. The van der Waals surface area contributed by atoms with Gasteiger partial charge in [0.15, 0.2) is 4.77 Å². The Bertz CT molecular complexity index is 525. The second-order valence-corrected chi connectivity index (χ2v) is 4.75. The fourth-order valence-corrected chi connectivity index (χ4v) is 2.34. The lowest BCUT2D eigenvalue weighted by atomic mass is 10.0. The second kappa shape index (κ2) is 5.32. The monoisotopic (exact) mass is 246 g/mol. The first-order valence-electron chi connectivity index (χ1n) is 6.04. The first-order valence-corrected chi connectivity index (χ1v) is 6.45. The molecule has 90 valence electrons. The molecule has 0 saturated carbocycles. The summed E-state index contributed by atoms with van der Waals surface area (Å²) in [5.74, 6) is 0.476. The largest absolute Gasteiger partial charge is 0.337 e. The van der Waals surface area contributed by atoms with E-state index in [2.05, 4.69) is 53.7 Å². The van der Waals surface area contributed by atoms with Gasteiger partial charge in [0.25, 0.3) is 0 Å². The SMILES string of the molecule is CCc1c[nH]c(=S)n1CC(C)c1ccccc1. The van der Waals surface area contributed by atoms with Crippen molar-refractivity contribution < 1.29 is 0 Å². The van der Waals surface area contributed by atoms with Crippen molar-refractivity contribution in [2.45, 2.75) is 32.7 Å². The number of aryl methyl sites for hydroxylation is 1. The zero-order valence-corrected chi connectivity index (χ0v) is 11.1. The Kier molecular flexibility index (Phi) is 3.79. The van der Waals surface area contributed by atoms with Crippen LogP contribution < -0.4 is 0 Å². The molecule has 1 N–H and O–H groups in total. The average Bonchev–Trinajstić information content (AvgIpc) is 2.71. The van der Waals surface area contributed by atoms with E-state index in [-0.39, 0.29) is 0 Å². The number of benzene rings is 1. The van der Waals surface area contributed by atoms with Gasteiger partial charge in [-0.25, -0.2) is 0 Å². The van der Waals surface area contributed by atoms with E-state index in [1.807, 2.05) is 6.20 Å². The summed E-state index contributed by atoms with van der Waals surface area (Å²) in [4.78, 5) is 3.12. The molecular formula is C14H18N2S. The summed E-state index contributed by atoms with van der Waals surface area (Å²) in [7, 11) is 0. The maximum Gasteiger partial charge on any atom is 0.177 e. The average molecular weight is 246 g/mol. The fourth-order valence-electron chi connectivity index (χ4n) is 2.09. The number of hydrogen-bond acceptors (Lipinski definition) is 1. The maximum absolute atomic E-state index is 5.31. The van der Waals surface area contributed by atoms with Gasteiger partial charge in [-0.3, -0.25) is 0 Å². The molecule has 0 bridgehead atoms. The molecule has 2 nitrogen and oxygen atoms in total. The molecule has 2 aromatic rings. The van der Waals surface area contributed by atoms with Crippen LogP contribution in [0, 0.1) is 4.77 Å². The molecule has 1 unspecified atom stereocenters. The van der Waals surface area contributed by atoms with Gasteiger partial charge < -0.3 is 9.55 Å². The third-order valence-electron chi connectivity index (χ3n) is 3.14. The van der Waals surface area contributed by atoms with E-state index in [0.717, 1.165) is 17.7 Å². The topological polar surface area (TPSA) is 20.7 Å². The Morgan fingerprint density at radius 3 is 2.65 bits per heavy atom. The van der Waals surface area contributed by atoms with Crippen molar-refractivity contribution in [3.05, 3.63) is 52.6 Å². The lowest BCUT2D eigenvalue weighted by Crippen LogP contribution is -2.09. The molecule has 0 radical (unpaired) electrons. The molecule has 0 aliphatic heterocycles. The number of nitrogens with zero attached hydrogens (tertiary/aromatic N) is 1. The van der Waals surface area contributed by atoms with E-state index in [1.54, 1.807) is 0 Å². The lowest BCUT2D eigenvalue weighted by molar-refractivity contribution is 0.573. The van der Waals surface area contributed by atoms with E-state index in [0.29, 0.717) is 5.92 Å². The van der Waals surface area contributed by atoms with Crippen molar-refractivity contribution in [1.29, 1.82) is 0 Å². The summed E-state index contributed by atoms with van der Waals surface area (Å²) >= 11 is 5.31. The van der Waals surface area contributed by atoms with Crippen LogP contribution >= 0.6 is 12.2 Å². The van der Waals surface area contributed by atoms with Crippen LogP contribution in [0.1, 0.15) is 31.0 Å². The third-order valence-corrected chi connectivity index (χ3v) is 3.48. The first kappa shape index (κ1) is 12.1. The van der Waals surface area contributed by atoms with Crippen molar-refractivity contribution in [3.63, 3.8) is 0 Å². The van der Waals surface area contributed by atoms with E-state index in [4.69, 9.17) is 12.2 Å². The molecule has 0 aliphatic rings. The van der Waals surface area contributed by atoms with E-state index < -0.39 is 0 Å². The van der Waals surface area contributed by atoms with Gasteiger partial charge in [-0.15, -0.1) is 0 Å². The third kappa shape index (κ3) is 2.67. The summed E-state index contributed by atoms with van der Waals surface area (Å²) in [5, 5.41) is 0. The molecule has 0 fully saturated rings. The van der Waals surface area contributed by atoms with Crippen molar-refractivity contribution in [3.8, 4) is 0 Å². The van der Waals surface area contributed by atoms with Crippen molar-refractivity contribution >= 4 is 12.2 Å². The van der Waals surface area contributed by atoms with Gasteiger partial charge in [-0.05, 0) is 30.1 Å². The number of rotatable bonds is 4. The van der Waals surface area contributed by atoms with Gasteiger partial charge >= 0.3 is 0 Å². The summed E-state index contributed by atoms with van der Waals surface area (Å²) in [5.41, 5.74) is 2.63. The highest BCUT2D eigenvalue weighted by Gasteiger charge is 2.09. The molecule has 1 aromatic carbocycles. The van der Waals surface area contributed by atoms with Crippen LogP contribution in [0.4, 0.5) is 0 Å². The van der Waals surface area contributed by atoms with Crippen LogP contribution in [-0.2, 0) is 13.0 Å². The molecule has 1 aromatic heterocycles. The van der Waals surface area contributed by atoms with Crippen molar-refractivity contribution in [2.24, 2.45) is 0 Å². The number of hydrogen-bond donors (Lipinski definition) is 1. The molecule has 17 heavy (non-hydrogen) atoms. The summed E-state index contributed by atoms with van der Waals surface area (Å²) in [6.45, 7) is 5.33. The van der Waals surface area contributed by atoms with E-state index >= 15 is 0 Å². The molecule has 0 saturated heterocycles. The smallest absolute Gasteiger partial charge is 0.177 e. The second-order valence-electron chi connectivity index (χ2n) is 4.36. The minimum absolute atomic E-state index is 0.476. The fraction of sp³-hybridized carbons (Fsp3) is 0.357. The van der Waals surface area contributed by atoms with E-state index in [9.17, 15) is 0 Å². The zero-order valence-electron chi connectivity index (χ0n) is 10.3. The molecular weight excluding hydrogens is 228 g/mol. The normalized spacial score (nSPS) is 12.6. The minimum atomic E-state index is 0.476.